The van der Waals surface area contributed by atoms with E-state index in [9.17, 15) is 9.59 Å². The molecule has 1 aliphatic heterocycles. The van der Waals surface area contributed by atoms with Crippen molar-refractivity contribution >= 4 is 22.7 Å². The number of benzene rings is 3. The Kier molecular flexibility index (Phi) is 4.49. The zero-order valence-corrected chi connectivity index (χ0v) is 19.5. The molecule has 7 atom stereocenters. The quantitative estimate of drug-likeness (QED) is 0.390. The van der Waals surface area contributed by atoms with E-state index < -0.39 is 18.2 Å². The third-order valence-electron chi connectivity index (χ3n) is 8.52. The first-order valence-electron chi connectivity index (χ1n) is 12.3. The molecule has 1 heterocycles. The van der Waals surface area contributed by atoms with Crippen LogP contribution in [0.2, 0.25) is 0 Å². The highest BCUT2D eigenvalue weighted by Crippen LogP contribution is 2.59. The molecule has 7 rings (SSSR count). The molecule has 1 saturated heterocycles. The highest BCUT2D eigenvalue weighted by molar-refractivity contribution is 6.02. The van der Waals surface area contributed by atoms with E-state index in [1.165, 1.54) is 5.56 Å². The van der Waals surface area contributed by atoms with Crippen LogP contribution in [0.4, 0.5) is 0 Å². The lowest BCUT2D eigenvalue weighted by Crippen LogP contribution is -2.43. The summed E-state index contributed by atoms with van der Waals surface area (Å²) in [5.41, 5.74) is 4.63. The molecular formula is C30H26O5. The Bertz CT molecular complexity index is 1400. The van der Waals surface area contributed by atoms with Crippen molar-refractivity contribution in [1.29, 1.82) is 0 Å². The number of carbonyl (C=O) groups is 2. The highest BCUT2D eigenvalue weighted by atomic mass is 16.6. The molecular weight excluding hydrogens is 440 g/mol. The molecule has 2 saturated carbocycles. The van der Waals surface area contributed by atoms with Crippen LogP contribution in [0.15, 0.2) is 72.8 Å². The smallest absolute Gasteiger partial charge is 0.333 e. The minimum Gasteiger partial charge on any atom is -0.456 e. The van der Waals surface area contributed by atoms with Gasteiger partial charge in [-0.3, -0.25) is 4.79 Å². The summed E-state index contributed by atoms with van der Waals surface area (Å²) in [4.78, 5) is 26.2. The topological polar surface area (TPSA) is 61.8 Å². The molecule has 7 unspecified atom stereocenters. The molecule has 35 heavy (non-hydrogen) atoms. The molecule has 0 N–H and O–H groups in total. The molecule has 5 heteroatoms. The Morgan fingerprint density at radius 1 is 0.886 bits per heavy atom. The summed E-state index contributed by atoms with van der Waals surface area (Å²) >= 11 is 0. The molecule has 3 fully saturated rings. The van der Waals surface area contributed by atoms with Crippen molar-refractivity contribution in [1.82, 2.24) is 0 Å². The largest absolute Gasteiger partial charge is 0.456 e. The number of rotatable bonds is 4. The summed E-state index contributed by atoms with van der Waals surface area (Å²) in [5, 5.41) is 2.27. The summed E-state index contributed by atoms with van der Waals surface area (Å²) in [6, 6.07) is 20.7. The van der Waals surface area contributed by atoms with Gasteiger partial charge in [-0.15, -0.1) is 0 Å². The fourth-order valence-electron chi connectivity index (χ4n) is 7.09. The molecule has 176 valence electrons. The van der Waals surface area contributed by atoms with E-state index in [1.807, 2.05) is 18.2 Å². The summed E-state index contributed by atoms with van der Waals surface area (Å²) in [7, 11) is 0. The monoisotopic (exact) mass is 466 g/mol. The molecule has 4 aliphatic rings. The van der Waals surface area contributed by atoms with Crippen molar-refractivity contribution in [3.63, 3.8) is 0 Å². The van der Waals surface area contributed by atoms with Crippen molar-refractivity contribution in [2.24, 2.45) is 23.7 Å². The predicted molar refractivity (Wildman–Crippen MR) is 130 cm³/mol. The van der Waals surface area contributed by atoms with Crippen LogP contribution in [0.5, 0.6) is 0 Å². The molecule has 0 amide bonds. The van der Waals surface area contributed by atoms with E-state index in [2.05, 4.69) is 49.0 Å². The Labute approximate surface area is 203 Å². The van der Waals surface area contributed by atoms with Crippen LogP contribution in [-0.2, 0) is 23.8 Å². The molecule has 3 aliphatic carbocycles. The average Bonchev–Trinajstić information content (AvgIpc) is 3.50. The number of carbonyl (C=O) groups excluding carboxylic acids is 2. The molecule has 2 bridgehead atoms. The van der Waals surface area contributed by atoms with E-state index in [1.54, 1.807) is 6.92 Å². The van der Waals surface area contributed by atoms with Gasteiger partial charge in [0.15, 0.2) is 6.10 Å². The summed E-state index contributed by atoms with van der Waals surface area (Å²) in [5.74, 6) is -0.742. The van der Waals surface area contributed by atoms with Gasteiger partial charge in [0.25, 0.3) is 0 Å². The standard InChI is InChI=1S/C30H26O5/c1-15(2)29(31)35-28-22-13-21-23(14-33-27(21)28)25(22)30(32)34-26-19-10-4-3-9-17(19)18-11-5-7-16-8-6-12-20(26)24(16)18/h3-12,21-23,25-28H,1,13-14H2,2H3. The van der Waals surface area contributed by atoms with Gasteiger partial charge in [0, 0.05) is 28.5 Å². The maximum Gasteiger partial charge on any atom is 0.333 e. The second-order valence-electron chi connectivity index (χ2n) is 10.4. The zero-order valence-electron chi connectivity index (χ0n) is 19.5. The van der Waals surface area contributed by atoms with Crippen LogP contribution in [0.3, 0.4) is 0 Å². The Balaban J connectivity index is 1.25. The van der Waals surface area contributed by atoms with Crippen molar-refractivity contribution in [2.75, 3.05) is 6.61 Å². The Morgan fingerprint density at radius 3 is 2.46 bits per heavy atom. The van der Waals surface area contributed by atoms with Crippen LogP contribution in [-0.4, -0.2) is 30.8 Å². The number of esters is 2. The van der Waals surface area contributed by atoms with Gasteiger partial charge in [-0.2, -0.15) is 0 Å². The highest BCUT2D eigenvalue weighted by Gasteiger charge is 2.66. The second-order valence-corrected chi connectivity index (χ2v) is 10.4. The molecule has 5 nitrogen and oxygen atoms in total. The Hall–Kier alpha value is -3.44. The van der Waals surface area contributed by atoms with Crippen molar-refractivity contribution in [3.8, 4) is 11.1 Å². The summed E-state index contributed by atoms with van der Waals surface area (Å²) in [6.07, 6.45) is -0.217. The van der Waals surface area contributed by atoms with Crippen LogP contribution in [0, 0.1) is 23.7 Å². The van der Waals surface area contributed by atoms with E-state index in [4.69, 9.17) is 14.2 Å². The molecule has 0 aromatic heterocycles. The zero-order chi connectivity index (χ0) is 23.8. The molecule has 0 spiro atoms. The maximum atomic E-state index is 13.9. The van der Waals surface area contributed by atoms with Crippen molar-refractivity contribution in [2.45, 2.75) is 31.7 Å². The van der Waals surface area contributed by atoms with Crippen LogP contribution in [0.1, 0.15) is 30.6 Å². The van der Waals surface area contributed by atoms with Gasteiger partial charge in [-0.25, -0.2) is 4.79 Å². The van der Waals surface area contributed by atoms with Gasteiger partial charge in [-0.1, -0.05) is 67.2 Å². The Morgan fingerprint density at radius 2 is 1.63 bits per heavy atom. The van der Waals surface area contributed by atoms with Crippen LogP contribution >= 0.6 is 0 Å². The summed E-state index contributed by atoms with van der Waals surface area (Å²) < 4.78 is 18.2. The SMILES string of the molecule is C=C(C)C(=O)OC1C2CC3C(COC31)C2C(=O)OC1c2ccccc2-c2cccc3cccc1c23. The molecule has 3 aromatic rings. The normalized spacial score (nSPS) is 31.3. The lowest BCUT2D eigenvalue weighted by atomic mass is 9.78. The van der Waals surface area contributed by atoms with Gasteiger partial charge < -0.3 is 14.2 Å². The number of fused-ring (bicyclic) bond motifs is 3. The van der Waals surface area contributed by atoms with Crippen LogP contribution < -0.4 is 0 Å². The van der Waals surface area contributed by atoms with Crippen molar-refractivity contribution in [3.05, 3.63) is 83.9 Å². The first kappa shape index (κ1) is 20.9. The van der Waals surface area contributed by atoms with Gasteiger partial charge in [0.1, 0.15) is 6.10 Å². The molecule has 0 radical (unpaired) electrons. The second kappa shape index (κ2) is 7.53. The lowest BCUT2D eigenvalue weighted by Gasteiger charge is -2.34. The number of hydrogen-bond donors (Lipinski definition) is 0. The lowest BCUT2D eigenvalue weighted by molar-refractivity contribution is -0.164. The van der Waals surface area contributed by atoms with Crippen molar-refractivity contribution < 1.29 is 23.8 Å². The maximum absolute atomic E-state index is 13.9. The van der Waals surface area contributed by atoms with Gasteiger partial charge >= 0.3 is 11.9 Å². The van der Waals surface area contributed by atoms with E-state index in [0.29, 0.717) is 12.2 Å². The first-order chi connectivity index (χ1) is 17.0. The first-order valence-corrected chi connectivity index (χ1v) is 12.3. The fourth-order valence-corrected chi connectivity index (χ4v) is 7.09. The van der Waals surface area contributed by atoms with Gasteiger partial charge in [-0.05, 0) is 41.2 Å². The minimum absolute atomic E-state index is 0.0878. The van der Waals surface area contributed by atoms with Gasteiger partial charge in [0.05, 0.1) is 18.6 Å². The number of ether oxygens (including phenoxy) is 3. The number of hydrogen-bond acceptors (Lipinski definition) is 5. The third-order valence-corrected chi connectivity index (χ3v) is 8.52. The fraction of sp³-hybridized carbons (Fsp3) is 0.333. The predicted octanol–water partition coefficient (Wildman–Crippen LogP) is 5.22. The molecule has 3 aromatic carbocycles. The average molecular weight is 467 g/mol. The summed E-state index contributed by atoms with van der Waals surface area (Å²) in [6.45, 7) is 5.85. The van der Waals surface area contributed by atoms with Gasteiger partial charge in [0.2, 0.25) is 0 Å². The van der Waals surface area contributed by atoms with E-state index in [0.717, 1.165) is 33.9 Å². The third kappa shape index (κ3) is 2.91. The minimum atomic E-state index is -0.481. The van der Waals surface area contributed by atoms with E-state index >= 15 is 0 Å². The van der Waals surface area contributed by atoms with Crippen LogP contribution in [0.25, 0.3) is 21.9 Å². The van der Waals surface area contributed by atoms with E-state index in [-0.39, 0.29) is 35.7 Å².